The van der Waals surface area contributed by atoms with Crippen LogP contribution >= 0.6 is 12.2 Å². The molecule has 7 nitrogen and oxygen atoms in total. The lowest BCUT2D eigenvalue weighted by molar-refractivity contribution is -0.122. The average Bonchev–Trinajstić information content (AvgIpc) is 3.24. The molecule has 1 saturated heterocycles. The zero-order valence-corrected chi connectivity index (χ0v) is 20.8. The van der Waals surface area contributed by atoms with E-state index in [0.717, 1.165) is 28.5 Å². The van der Waals surface area contributed by atoms with Crippen molar-refractivity contribution in [2.45, 2.75) is 19.9 Å². The standard InChI is InChI=1S/C29H23N3O4S/c1-2-18-10-12-22(13-11-18)32-27(34)24(26(33)30-29(32)37)15-21-17-31(25-9-4-3-8-23(21)25)16-19-6-5-7-20(14-19)28(35)36/h3-15,17H,2,16H2,1H3,(H,35,36)(H,30,33,37)/b24-15+. The number of aryl methyl sites for hydroxylation is 1. The predicted octanol–water partition coefficient (Wildman–Crippen LogP) is 4.78. The third-order valence-electron chi connectivity index (χ3n) is 6.35. The van der Waals surface area contributed by atoms with Crippen molar-refractivity contribution in [1.29, 1.82) is 0 Å². The Hall–Kier alpha value is -4.56. The fourth-order valence-electron chi connectivity index (χ4n) is 4.45. The second-order valence-corrected chi connectivity index (χ2v) is 9.10. The third kappa shape index (κ3) is 4.66. The molecule has 1 aliphatic rings. The van der Waals surface area contributed by atoms with Gasteiger partial charge in [0.2, 0.25) is 0 Å². The molecule has 37 heavy (non-hydrogen) atoms. The molecular weight excluding hydrogens is 486 g/mol. The number of para-hydroxylation sites is 1. The molecule has 5 rings (SSSR count). The molecule has 2 heterocycles. The van der Waals surface area contributed by atoms with Crippen LogP contribution in [0.5, 0.6) is 0 Å². The highest BCUT2D eigenvalue weighted by molar-refractivity contribution is 7.80. The number of carboxylic acid groups (broad SMARTS) is 1. The van der Waals surface area contributed by atoms with Gasteiger partial charge in [0.1, 0.15) is 5.57 Å². The Bertz CT molecular complexity index is 1600. The van der Waals surface area contributed by atoms with Crippen LogP contribution in [0.15, 0.2) is 84.6 Å². The maximum Gasteiger partial charge on any atom is 0.335 e. The van der Waals surface area contributed by atoms with Crippen LogP contribution in [0, 0.1) is 0 Å². The van der Waals surface area contributed by atoms with Crippen LogP contribution in [0.1, 0.15) is 34.0 Å². The lowest BCUT2D eigenvalue weighted by Crippen LogP contribution is -2.54. The van der Waals surface area contributed by atoms with Crippen molar-refractivity contribution in [2.24, 2.45) is 0 Å². The summed E-state index contributed by atoms with van der Waals surface area (Å²) in [6.07, 6.45) is 4.31. The highest BCUT2D eigenvalue weighted by Crippen LogP contribution is 2.27. The molecule has 0 saturated carbocycles. The fourth-order valence-corrected chi connectivity index (χ4v) is 4.73. The summed E-state index contributed by atoms with van der Waals surface area (Å²) in [4.78, 5) is 39.1. The highest BCUT2D eigenvalue weighted by Gasteiger charge is 2.34. The van der Waals surface area contributed by atoms with Crippen molar-refractivity contribution < 1.29 is 19.5 Å². The minimum absolute atomic E-state index is 0.0241. The number of anilines is 1. The molecule has 1 fully saturated rings. The number of rotatable bonds is 6. The smallest absolute Gasteiger partial charge is 0.335 e. The van der Waals surface area contributed by atoms with E-state index in [0.29, 0.717) is 17.8 Å². The first kappa shape index (κ1) is 24.1. The van der Waals surface area contributed by atoms with E-state index in [1.54, 1.807) is 24.3 Å². The monoisotopic (exact) mass is 509 g/mol. The van der Waals surface area contributed by atoms with Crippen LogP contribution in [0.3, 0.4) is 0 Å². The number of fused-ring (bicyclic) bond motifs is 1. The van der Waals surface area contributed by atoms with E-state index in [4.69, 9.17) is 12.2 Å². The molecular formula is C29H23N3O4S. The van der Waals surface area contributed by atoms with Crippen molar-refractivity contribution in [2.75, 3.05) is 4.90 Å². The number of nitrogens with zero attached hydrogens (tertiary/aromatic N) is 2. The van der Waals surface area contributed by atoms with Gasteiger partial charge in [-0.15, -0.1) is 0 Å². The minimum Gasteiger partial charge on any atom is -0.478 e. The first-order valence-electron chi connectivity index (χ1n) is 11.8. The minimum atomic E-state index is -0.988. The number of nitrogens with one attached hydrogen (secondary N) is 1. The van der Waals surface area contributed by atoms with Gasteiger partial charge in [-0.2, -0.15) is 0 Å². The number of carbonyl (C=O) groups is 3. The second kappa shape index (κ2) is 9.83. The molecule has 0 spiro atoms. The second-order valence-electron chi connectivity index (χ2n) is 8.71. The van der Waals surface area contributed by atoms with E-state index >= 15 is 0 Å². The van der Waals surface area contributed by atoms with E-state index < -0.39 is 17.8 Å². The van der Waals surface area contributed by atoms with Crippen LogP contribution in [-0.4, -0.2) is 32.6 Å². The summed E-state index contributed by atoms with van der Waals surface area (Å²) in [5.74, 6) is -2.04. The Kier molecular flexibility index (Phi) is 6.42. The number of aromatic carboxylic acids is 1. The van der Waals surface area contributed by atoms with Crippen LogP contribution in [0.25, 0.3) is 17.0 Å². The van der Waals surface area contributed by atoms with Crippen LogP contribution in [0.2, 0.25) is 0 Å². The van der Waals surface area contributed by atoms with E-state index in [9.17, 15) is 19.5 Å². The Labute approximate surface area is 218 Å². The zero-order chi connectivity index (χ0) is 26.1. The SMILES string of the molecule is CCc1ccc(N2C(=O)/C(=C/c3cn(Cc4cccc(C(=O)O)c4)c4ccccc34)C(=O)NC2=S)cc1. The van der Waals surface area contributed by atoms with Gasteiger partial charge in [0.05, 0.1) is 11.3 Å². The molecule has 0 atom stereocenters. The van der Waals surface area contributed by atoms with E-state index in [1.807, 2.05) is 72.3 Å². The molecule has 2 amide bonds. The third-order valence-corrected chi connectivity index (χ3v) is 6.64. The lowest BCUT2D eigenvalue weighted by Gasteiger charge is -2.29. The molecule has 2 N–H and O–H groups in total. The molecule has 8 heteroatoms. The van der Waals surface area contributed by atoms with E-state index in [-0.39, 0.29) is 16.2 Å². The summed E-state index contributed by atoms with van der Waals surface area (Å²) >= 11 is 5.32. The number of benzene rings is 3. The average molecular weight is 510 g/mol. The molecule has 0 aliphatic carbocycles. The number of aromatic nitrogens is 1. The zero-order valence-electron chi connectivity index (χ0n) is 20.0. The van der Waals surface area contributed by atoms with Crippen molar-refractivity contribution in [3.05, 3.63) is 107 Å². The van der Waals surface area contributed by atoms with Gasteiger partial charge in [-0.05, 0) is 66.2 Å². The van der Waals surface area contributed by atoms with Gasteiger partial charge < -0.3 is 9.67 Å². The first-order chi connectivity index (χ1) is 17.9. The van der Waals surface area contributed by atoms with Crippen molar-refractivity contribution in [1.82, 2.24) is 9.88 Å². The van der Waals surface area contributed by atoms with Crippen LogP contribution in [0.4, 0.5) is 5.69 Å². The number of hydrogen-bond donors (Lipinski definition) is 2. The van der Waals surface area contributed by atoms with E-state index in [2.05, 4.69) is 5.32 Å². The van der Waals surface area contributed by atoms with Crippen molar-refractivity contribution >= 4 is 57.8 Å². The quantitative estimate of drug-likeness (QED) is 0.222. The normalized spacial score (nSPS) is 14.9. The van der Waals surface area contributed by atoms with Crippen molar-refractivity contribution in [3.8, 4) is 0 Å². The molecule has 4 aromatic rings. The first-order valence-corrected chi connectivity index (χ1v) is 12.2. The maximum atomic E-state index is 13.5. The molecule has 0 radical (unpaired) electrons. The molecule has 0 unspecified atom stereocenters. The van der Waals surface area contributed by atoms with Gasteiger partial charge in [-0.25, -0.2) is 4.79 Å². The van der Waals surface area contributed by atoms with Crippen molar-refractivity contribution in [3.63, 3.8) is 0 Å². The summed E-state index contributed by atoms with van der Waals surface area (Å²) < 4.78 is 1.97. The molecule has 3 aromatic carbocycles. The van der Waals surface area contributed by atoms with Gasteiger partial charge in [-0.3, -0.25) is 19.8 Å². The molecule has 184 valence electrons. The van der Waals surface area contributed by atoms with Gasteiger partial charge in [0.25, 0.3) is 11.8 Å². The summed E-state index contributed by atoms with van der Waals surface area (Å²) in [7, 11) is 0. The van der Waals surface area contributed by atoms with E-state index in [1.165, 1.54) is 4.90 Å². The Morgan fingerprint density at radius 2 is 1.76 bits per heavy atom. The van der Waals surface area contributed by atoms with Crippen LogP contribution in [-0.2, 0) is 22.6 Å². The Balaban J connectivity index is 1.54. The van der Waals surface area contributed by atoms with Gasteiger partial charge >= 0.3 is 5.97 Å². The van der Waals surface area contributed by atoms with Gasteiger partial charge in [-0.1, -0.05) is 49.4 Å². The molecule has 1 aromatic heterocycles. The summed E-state index contributed by atoms with van der Waals surface area (Å²) in [6.45, 7) is 2.47. The number of carboxylic acids is 1. The Morgan fingerprint density at radius 1 is 1.00 bits per heavy atom. The highest BCUT2D eigenvalue weighted by atomic mass is 32.1. The number of hydrogen-bond acceptors (Lipinski definition) is 4. The van der Waals surface area contributed by atoms with Gasteiger partial charge in [0.15, 0.2) is 5.11 Å². The molecule has 0 bridgehead atoms. The fraction of sp³-hybridized carbons (Fsp3) is 0.103. The summed E-state index contributed by atoms with van der Waals surface area (Å²) in [6, 6.07) is 21.9. The Morgan fingerprint density at radius 3 is 2.49 bits per heavy atom. The summed E-state index contributed by atoms with van der Waals surface area (Å²) in [5, 5.41) is 12.9. The number of carbonyl (C=O) groups excluding carboxylic acids is 2. The summed E-state index contributed by atoms with van der Waals surface area (Å²) in [5.41, 5.74) is 4.30. The lowest BCUT2D eigenvalue weighted by atomic mass is 10.1. The van der Waals surface area contributed by atoms with Crippen LogP contribution < -0.4 is 10.2 Å². The largest absolute Gasteiger partial charge is 0.478 e. The topological polar surface area (TPSA) is 91.6 Å². The predicted molar refractivity (Wildman–Crippen MR) is 146 cm³/mol. The molecule has 1 aliphatic heterocycles. The number of amides is 2. The van der Waals surface area contributed by atoms with Gasteiger partial charge in [0, 0.05) is 29.2 Å². The maximum absolute atomic E-state index is 13.5. The number of thiocarbonyl (C=S) groups is 1.